The van der Waals surface area contributed by atoms with Gasteiger partial charge in [0.1, 0.15) is 5.41 Å². The van der Waals surface area contributed by atoms with Gasteiger partial charge in [0.15, 0.2) is 0 Å². The van der Waals surface area contributed by atoms with Gasteiger partial charge >= 0.3 is 5.97 Å². The maximum Gasteiger partial charge on any atom is 0.316 e. The van der Waals surface area contributed by atoms with Gasteiger partial charge in [-0.15, -0.1) is 0 Å². The molecule has 3 N–H and O–H groups in total. The van der Waals surface area contributed by atoms with Gasteiger partial charge in [0.25, 0.3) is 0 Å². The van der Waals surface area contributed by atoms with Crippen LogP contribution in [0.25, 0.3) is 5.69 Å². The molecule has 1 heterocycles. The summed E-state index contributed by atoms with van der Waals surface area (Å²) >= 11 is 0. The molecule has 1 aromatic carbocycles. The molecule has 0 amide bonds. The number of carboxylic acids is 1. The summed E-state index contributed by atoms with van der Waals surface area (Å²) in [5.74, 6) is -0.625. The number of nitrogens with two attached hydrogens (primary N) is 1. The Morgan fingerprint density at radius 3 is 2.86 bits per heavy atom. The van der Waals surface area contributed by atoms with Crippen LogP contribution in [0.3, 0.4) is 0 Å². The van der Waals surface area contributed by atoms with Crippen LogP contribution in [0.5, 0.6) is 0 Å². The van der Waals surface area contributed by atoms with E-state index in [1.165, 1.54) is 0 Å². The van der Waals surface area contributed by atoms with E-state index in [0.29, 0.717) is 18.7 Å². The van der Waals surface area contributed by atoms with E-state index in [1.54, 1.807) is 6.33 Å². The maximum absolute atomic E-state index is 11.7. The average molecular weight is 285 g/mol. The Morgan fingerprint density at radius 1 is 1.43 bits per heavy atom. The monoisotopic (exact) mass is 285 g/mol. The zero-order valence-electron chi connectivity index (χ0n) is 11.8. The molecule has 0 radical (unpaired) electrons. The molecule has 0 aliphatic heterocycles. The number of hydrogen-bond acceptors (Lipinski definition) is 3. The van der Waals surface area contributed by atoms with Gasteiger partial charge in [-0.3, -0.25) is 4.79 Å². The summed E-state index contributed by atoms with van der Waals surface area (Å²) in [5, 5.41) is 9.63. The summed E-state index contributed by atoms with van der Waals surface area (Å²) in [6.45, 7) is 0.602. The van der Waals surface area contributed by atoms with Crippen molar-refractivity contribution >= 4 is 5.97 Å². The molecule has 110 valence electrons. The second kappa shape index (κ2) is 5.33. The van der Waals surface area contributed by atoms with Gasteiger partial charge in [-0.1, -0.05) is 18.2 Å². The lowest BCUT2D eigenvalue weighted by molar-refractivity contribution is -0.140. The highest BCUT2D eigenvalue weighted by Gasteiger charge is 2.62. The summed E-state index contributed by atoms with van der Waals surface area (Å²) in [7, 11) is 0. The van der Waals surface area contributed by atoms with Crippen LogP contribution < -0.4 is 5.73 Å². The maximum atomic E-state index is 11.7. The van der Waals surface area contributed by atoms with Crippen molar-refractivity contribution in [2.24, 2.45) is 11.7 Å². The van der Waals surface area contributed by atoms with E-state index < -0.39 is 11.4 Å². The van der Waals surface area contributed by atoms with Gasteiger partial charge in [0.05, 0.1) is 12.0 Å². The molecule has 0 spiro atoms. The summed E-state index contributed by atoms with van der Waals surface area (Å²) in [4.78, 5) is 16.1. The van der Waals surface area contributed by atoms with Crippen LogP contribution in [0.4, 0.5) is 0 Å². The molecule has 1 aliphatic carbocycles. The van der Waals surface area contributed by atoms with Gasteiger partial charge < -0.3 is 15.4 Å². The molecular formula is C16H19N3O2. The topological polar surface area (TPSA) is 81.1 Å². The molecule has 0 saturated heterocycles. The van der Waals surface area contributed by atoms with Crippen LogP contribution in [0, 0.1) is 5.92 Å². The summed E-state index contributed by atoms with van der Waals surface area (Å²) in [5.41, 5.74) is 6.35. The Balaban J connectivity index is 1.86. The molecule has 21 heavy (non-hydrogen) atoms. The van der Waals surface area contributed by atoms with E-state index in [4.69, 9.17) is 5.73 Å². The molecular weight excluding hydrogens is 266 g/mol. The number of rotatable bonds is 6. The normalized spacial score (nSPS) is 24.0. The van der Waals surface area contributed by atoms with Crippen LogP contribution in [0.15, 0.2) is 42.9 Å². The lowest BCUT2D eigenvalue weighted by Gasteiger charge is -2.09. The first kappa shape index (κ1) is 13.8. The number of carboxylic acid groups (broad SMARTS) is 1. The standard InChI is InChI=1S/C16H19N3O2/c17-8-4-5-12-9-16(12,15(20)21)14-10-19(11-18-14)13-6-2-1-3-7-13/h1-3,6-7,10-12H,4-5,8-9,17H2,(H,20,21)/t12?,16-/m0/s1. The second-order valence-electron chi connectivity index (χ2n) is 5.61. The highest BCUT2D eigenvalue weighted by atomic mass is 16.4. The van der Waals surface area contributed by atoms with Crippen molar-refractivity contribution in [2.75, 3.05) is 6.54 Å². The first-order chi connectivity index (χ1) is 10.2. The van der Waals surface area contributed by atoms with Crippen molar-refractivity contribution in [3.8, 4) is 5.69 Å². The third-order valence-corrected chi connectivity index (χ3v) is 4.34. The molecule has 0 bridgehead atoms. The van der Waals surface area contributed by atoms with Crippen LogP contribution in [0.2, 0.25) is 0 Å². The smallest absolute Gasteiger partial charge is 0.316 e. The number of nitrogens with zero attached hydrogens (tertiary/aromatic N) is 2. The molecule has 1 saturated carbocycles. The summed E-state index contributed by atoms with van der Waals surface area (Å²) in [6, 6.07) is 9.78. The molecule has 5 nitrogen and oxygen atoms in total. The van der Waals surface area contributed by atoms with E-state index >= 15 is 0 Å². The van der Waals surface area contributed by atoms with Crippen molar-refractivity contribution < 1.29 is 9.90 Å². The molecule has 1 fully saturated rings. The Bertz CT molecular complexity index is 638. The summed E-state index contributed by atoms with van der Waals surface area (Å²) < 4.78 is 1.87. The first-order valence-electron chi connectivity index (χ1n) is 7.22. The number of hydrogen-bond donors (Lipinski definition) is 2. The highest BCUT2D eigenvalue weighted by Crippen LogP contribution is 2.56. The largest absolute Gasteiger partial charge is 0.481 e. The van der Waals surface area contributed by atoms with E-state index in [0.717, 1.165) is 18.5 Å². The highest BCUT2D eigenvalue weighted by molar-refractivity contribution is 5.85. The fraction of sp³-hybridized carbons (Fsp3) is 0.375. The molecule has 2 atom stereocenters. The second-order valence-corrected chi connectivity index (χ2v) is 5.61. The van der Waals surface area contributed by atoms with Crippen LogP contribution in [-0.4, -0.2) is 27.2 Å². The molecule has 2 aromatic rings. The van der Waals surface area contributed by atoms with E-state index in [2.05, 4.69) is 4.98 Å². The molecule has 1 aliphatic rings. The number of aromatic nitrogens is 2. The Kier molecular flexibility index (Phi) is 3.51. The van der Waals surface area contributed by atoms with Gasteiger partial charge in [-0.25, -0.2) is 4.98 Å². The van der Waals surface area contributed by atoms with Crippen LogP contribution in [0.1, 0.15) is 25.0 Å². The number of imidazole rings is 1. The fourth-order valence-electron chi connectivity index (χ4n) is 3.02. The third-order valence-electron chi connectivity index (χ3n) is 4.34. The molecule has 3 rings (SSSR count). The lowest BCUT2D eigenvalue weighted by Crippen LogP contribution is -2.23. The predicted octanol–water partition coefficient (Wildman–Crippen LogP) is 1.95. The zero-order valence-corrected chi connectivity index (χ0v) is 11.8. The van der Waals surface area contributed by atoms with E-state index in [-0.39, 0.29) is 5.92 Å². The Labute approximate surface area is 123 Å². The lowest BCUT2D eigenvalue weighted by atomic mass is 9.98. The third kappa shape index (κ3) is 2.34. The van der Waals surface area contributed by atoms with Crippen molar-refractivity contribution in [1.82, 2.24) is 9.55 Å². The Hall–Kier alpha value is -2.14. The van der Waals surface area contributed by atoms with Crippen molar-refractivity contribution in [3.05, 3.63) is 48.5 Å². The number of carbonyl (C=O) groups is 1. The quantitative estimate of drug-likeness (QED) is 0.850. The number of aliphatic carboxylic acids is 1. The van der Waals surface area contributed by atoms with Gasteiger partial charge in [0, 0.05) is 11.9 Å². The van der Waals surface area contributed by atoms with Crippen LogP contribution in [-0.2, 0) is 10.2 Å². The minimum atomic E-state index is -0.810. The van der Waals surface area contributed by atoms with Gasteiger partial charge in [-0.05, 0) is 43.9 Å². The van der Waals surface area contributed by atoms with Gasteiger partial charge in [0.2, 0.25) is 0 Å². The fourth-order valence-corrected chi connectivity index (χ4v) is 3.02. The van der Waals surface area contributed by atoms with Crippen LogP contribution >= 0.6 is 0 Å². The average Bonchev–Trinajstić information content (AvgIpc) is 3.03. The zero-order chi connectivity index (χ0) is 14.9. The van der Waals surface area contributed by atoms with Crippen molar-refractivity contribution in [2.45, 2.75) is 24.7 Å². The minimum absolute atomic E-state index is 0.151. The first-order valence-corrected chi connectivity index (χ1v) is 7.22. The number of benzene rings is 1. The molecule has 5 heteroatoms. The SMILES string of the molecule is NCCCC1C[C@@]1(C(=O)O)c1cn(-c2ccccc2)cn1. The Morgan fingerprint density at radius 2 is 2.19 bits per heavy atom. The minimum Gasteiger partial charge on any atom is -0.481 e. The van der Waals surface area contributed by atoms with E-state index in [1.807, 2.05) is 41.1 Å². The van der Waals surface area contributed by atoms with Gasteiger partial charge in [-0.2, -0.15) is 0 Å². The molecule has 1 aromatic heterocycles. The summed E-state index contributed by atoms with van der Waals surface area (Å²) in [6.07, 6.45) is 5.90. The molecule has 1 unspecified atom stereocenters. The van der Waals surface area contributed by atoms with Crippen molar-refractivity contribution in [1.29, 1.82) is 0 Å². The van der Waals surface area contributed by atoms with Crippen molar-refractivity contribution in [3.63, 3.8) is 0 Å². The predicted molar refractivity (Wildman–Crippen MR) is 79.3 cm³/mol. The van der Waals surface area contributed by atoms with E-state index in [9.17, 15) is 9.90 Å². The number of para-hydroxylation sites is 1.